The third-order valence-electron chi connectivity index (χ3n) is 1.24. The van der Waals surface area contributed by atoms with Crippen LogP contribution in [0.2, 0.25) is 0 Å². The van der Waals surface area contributed by atoms with Crippen LogP contribution in [0.5, 0.6) is 0 Å². The van der Waals surface area contributed by atoms with E-state index < -0.39 is 0 Å². The predicted molar refractivity (Wildman–Crippen MR) is 35.4 cm³/mol. The molecule has 0 saturated heterocycles. The minimum Gasteiger partial charge on any atom is -0.201 e. The van der Waals surface area contributed by atoms with Crippen molar-refractivity contribution in [2.24, 2.45) is 4.99 Å². The van der Waals surface area contributed by atoms with Crippen LogP contribution in [-0.4, -0.2) is 10.7 Å². The summed E-state index contributed by atoms with van der Waals surface area (Å²) in [6.07, 6.45) is 12.4. The second-order valence-electron chi connectivity index (χ2n) is 1.84. The Bertz CT molecular complexity index is 233. The van der Waals surface area contributed by atoms with Crippen LogP contribution < -0.4 is 0 Å². The Labute approximate surface area is 53.5 Å². The zero-order chi connectivity index (χ0) is 6.10. The molecule has 0 aliphatic carbocycles. The Balaban J connectivity index is 2.40. The van der Waals surface area contributed by atoms with Crippen LogP contribution in [0, 0.1) is 6.20 Å². The van der Waals surface area contributed by atoms with E-state index in [1.165, 1.54) is 0 Å². The van der Waals surface area contributed by atoms with Crippen molar-refractivity contribution < 1.29 is 0 Å². The molecule has 2 heteroatoms. The molecule has 0 atom stereocenters. The summed E-state index contributed by atoms with van der Waals surface area (Å²) in [6.45, 7) is 0. The van der Waals surface area contributed by atoms with E-state index in [0.717, 1.165) is 5.84 Å². The van der Waals surface area contributed by atoms with Gasteiger partial charge in [0.25, 0.3) is 5.84 Å². The van der Waals surface area contributed by atoms with Gasteiger partial charge in [-0.1, -0.05) is 0 Å². The van der Waals surface area contributed by atoms with E-state index in [1.807, 2.05) is 29.3 Å². The number of rotatable bonds is 0. The minimum absolute atomic E-state index is 0.942. The Morgan fingerprint density at radius 1 is 1.44 bits per heavy atom. The van der Waals surface area contributed by atoms with E-state index >= 15 is 0 Å². The normalized spacial score (nSPS) is 19.6. The summed E-state index contributed by atoms with van der Waals surface area (Å²) < 4.78 is 0. The Hall–Kier alpha value is -1.40. The van der Waals surface area contributed by atoms with Crippen molar-refractivity contribution in [1.29, 1.82) is 0 Å². The highest BCUT2D eigenvalue weighted by Gasteiger charge is 2.19. The fourth-order valence-corrected chi connectivity index (χ4v) is 0.808. The van der Waals surface area contributed by atoms with E-state index in [-0.39, 0.29) is 0 Å². The first-order valence-corrected chi connectivity index (χ1v) is 2.76. The molecule has 0 aromatic carbocycles. The molecule has 0 fully saturated rings. The smallest absolute Gasteiger partial charge is 0.201 e. The second-order valence-corrected chi connectivity index (χ2v) is 1.84. The van der Waals surface area contributed by atoms with Crippen molar-refractivity contribution in [3.63, 3.8) is 0 Å². The van der Waals surface area contributed by atoms with Crippen LogP contribution >= 0.6 is 0 Å². The molecule has 0 radical (unpaired) electrons. The number of hydrogen-bond donors (Lipinski definition) is 0. The van der Waals surface area contributed by atoms with Gasteiger partial charge in [0, 0.05) is 11.2 Å². The molecule has 2 aliphatic heterocycles. The van der Waals surface area contributed by atoms with Crippen LogP contribution in [0.3, 0.4) is 0 Å². The molecule has 0 unspecified atom stereocenters. The van der Waals surface area contributed by atoms with Gasteiger partial charge in [-0.05, 0) is 12.2 Å². The van der Waals surface area contributed by atoms with Crippen LogP contribution in [-0.2, 0) is 0 Å². The summed E-state index contributed by atoms with van der Waals surface area (Å²) in [7, 11) is 0. The maximum absolute atomic E-state index is 3.96. The van der Waals surface area contributed by atoms with E-state index in [9.17, 15) is 0 Å². The van der Waals surface area contributed by atoms with Crippen molar-refractivity contribution in [1.82, 2.24) is 4.90 Å². The highest BCUT2D eigenvalue weighted by atomic mass is 15.2. The number of aliphatic imine (C=N–C) groups is 1. The lowest BCUT2D eigenvalue weighted by atomic mass is 10.3. The maximum atomic E-state index is 3.96. The number of fused-ring (bicyclic) bond motifs is 1. The predicted octanol–water partition coefficient (Wildman–Crippen LogP) is 1.06. The van der Waals surface area contributed by atoms with E-state index in [4.69, 9.17) is 0 Å². The molecule has 2 rings (SSSR count). The standard InChI is InChI=1S/C7H5N2/c1-2-5-9-6-4-8-7(9)3-1/h1-3,5-6H/q+1. The van der Waals surface area contributed by atoms with Crippen LogP contribution in [0.4, 0.5) is 0 Å². The summed E-state index contributed by atoms with van der Waals surface area (Å²) >= 11 is 0. The van der Waals surface area contributed by atoms with E-state index in [0.29, 0.717) is 0 Å². The first kappa shape index (κ1) is 4.48. The Kier molecular flexibility index (Phi) is 0.765. The van der Waals surface area contributed by atoms with E-state index in [1.54, 1.807) is 6.20 Å². The first-order valence-electron chi connectivity index (χ1n) is 2.76. The van der Waals surface area contributed by atoms with Gasteiger partial charge >= 0.3 is 0 Å². The number of hydrogen-bond acceptors (Lipinski definition) is 2. The van der Waals surface area contributed by atoms with Crippen molar-refractivity contribution in [3.05, 3.63) is 36.8 Å². The van der Waals surface area contributed by atoms with Crippen molar-refractivity contribution >= 4 is 5.84 Å². The molecule has 42 valence electrons. The molecule has 0 spiro atoms. The average Bonchev–Trinajstić information content (AvgIpc) is 2.33. The topological polar surface area (TPSA) is 15.6 Å². The molecule has 0 aromatic rings. The van der Waals surface area contributed by atoms with Gasteiger partial charge in [0.15, 0.2) is 6.20 Å². The van der Waals surface area contributed by atoms with Gasteiger partial charge in [-0.2, -0.15) is 0 Å². The summed E-state index contributed by atoms with van der Waals surface area (Å²) in [6, 6.07) is 0. The zero-order valence-electron chi connectivity index (χ0n) is 4.78. The number of amidine groups is 1. The summed E-state index contributed by atoms with van der Waals surface area (Å²) in [5, 5.41) is 0. The second kappa shape index (κ2) is 1.54. The van der Waals surface area contributed by atoms with Crippen molar-refractivity contribution in [2.75, 3.05) is 0 Å². The molecule has 0 bridgehead atoms. The molecular formula is C7H5N2+. The van der Waals surface area contributed by atoms with Gasteiger partial charge in [-0.3, -0.25) is 0 Å². The van der Waals surface area contributed by atoms with Gasteiger partial charge in [-0.15, -0.1) is 0 Å². The molecular weight excluding hydrogens is 112 g/mol. The lowest BCUT2D eigenvalue weighted by Crippen LogP contribution is -2.15. The molecule has 2 heterocycles. The van der Waals surface area contributed by atoms with Gasteiger partial charge < -0.3 is 0 Å². The van der Waals surface area contributed by atoms with Gasteiger partial charge in [0.05, 0.1) is 6.08 Å². The van der Waals surface area contributed by atoms with Crippen LogP contribution in [0.15, 0.2) is 35.6 Å². The van der Waals surface area contributed by atoms with Gasteiger partial charge in [0.1, 0.15) is 0 Å². The fraction of sp³-hybridized carbons (Fsp3) is 0. The largest absolute Gasteiger partial charge is 0.289 e. The lowest BCUT2D eigenvalue weighted by Gasteiger charge is -2.01. The van der Waals surface area contributed by atoms with Crippen molar-refractivity contribution in [2.45, 2.75) is 0 Å². The lowest BCUT2D eigenvalue weighted by molar-refractivity contribution is 0.777. The third kappa shape index (κ3) is 0.574. The third-order valence-corrected chi connectivity index (χ3v) is 1.24. The Morgan fingerprint density at radius 2 is 2.44 bits per heavy atom. The number of allylic oxidation sites excluding steroid dienone is 2. The van der Waals surface area contributed by atoms with E-state index in [2.05, 4.69) is 11.2 Å². The maximum Gasteiger partial charge on any atom is 0.289 e. The van der Waals surface area contributed by atoms with Crippen LogP contribution in [0.25, 0.3) is 0 Å². The first-order chi connectivity index (χ1) is 4.47. The Morgan fingerprint density at radius 3 is 3.33 bits per heavy atom. The highest BCUT2D eigenvalue weighted by Crippen LogP contribution is 2.07. The summed E-state index contributed by atoms with van der Waals surface area (Å²) in [4.78, 5) is 5.87. The minimum atomic E-state index is 0.942. The molecule has 0 saturated carbocycles. The summed E-state index contributed by atoms with van der Waals surface area (Å²) in [5.74, 6) is 0.942. The van der Waals surface area contributed by atoms with Crippen molar-refractivity contribution in [3.8, 4) is 0 Å². The molecule has 2 aliphatic rings. The molecule has 0 N–H and O–H groups in total. The van der Waals surface area contributed by atoms with Gasteiger partial charge in [-0.25, -0.2) is 4.90 Å². The van der Waals surface area contributed by atoms with Crippen LogP contribution in [0.1, 0.15) is 0 Å². The molecule has 9 heavy (non-hydrogen) atoms. The van der Waals surface area contributed by atoms with Gasteiger partial charge in [0.2, 0.25) is 6.20 Å². The quantitative estimate of drug-likeness (QED) is 0.433. The fourth-order valence-electron chi connectivity index (χ4n) is 0.808. The highest BCUT2D eigenvalue weighted by molar-refractivity contribution is 5.96. The number of nitrogens with zero attached hydrogens (tertiary/aromatic N) is 2. The average molecular weight is 117 g/mol. The monoisotopic (exact) mass is 117 g/mol. The molecule has 0 amide bonds. The summed E-state index contributed by atoms with van der Waals surface area (Å²) in [5.41, 5.74) is 0. The zero-order valence-corrected chi connectivity index (χ0v) is 4.78. The molecule has 0 aromatic heterocycles. The molecule has 2 nitrogen and oxygen atoms in total. The SMILES string of the molecule is [C+]1=CN2C=CC=CC2=N1.